The minimum absolute atomic E-state index is 0.131. The third-order valence-corrected chi connectivity index (χ3v) is 4.73. The summed E-state index contributed by atoms with van der Waals surface area (Å²) in [5.41, 5.74) is 1.68. The second kappa shape index (κ2) is 6.16. The first kappa shape index (κ1) is 14.5. The standard InChI is InChI=1S/C18H21N3O2/c22-18(21-9-1-8-20(10-11-21)16-6-7-16)15-4-2-14(3-5-15)17-12-19-13-23-17/h2-5,12-13,16H,1,6-11H2. The van der Waals surface area contributed by atoms with Gasteiger partial charge in [0.25, 0.3) is 5.91 Å². The van der Waals surface area contributed by atoms with Crippen molar-refractivity contribution in [2.45, 2.75) is 25.3 Å². The molecule has 2 aromatic rings. The number of hydrogen-bond acceptors (Lipinski definition) is 4. The van der Waals surface area contributed by atoms with Gasteiger partial charge in [-0.25, -0.2) is 4.98 Å². The SMILES string of the molecule is O=C(c1ccc(-c2cnco2)cc1)N1CCCN(C2CC2)CC1. The highest BCUT2D eigenvalue weighted by Gasteiger charge is 2.30. The lowest BCUT2D eigenvalue weighted by Gasteiger charge is -2.22. The van der Waals surface area contributed by atoms with E-state index in [1.807, 2.05) is 29.2 Å². The van der Waals surface area contributed by atoms with Crippen molar-refractivity contribution in [3.63, 3.8) is 0 Å². The van der Waals surface area contributed by atoms with Crippen molar-refractivity contribution in [1.29, 1.82) is 0 Å². The van der Waals surface area contributed by atoms with Crippen molar-refractivity contribution >= 4 is 5.91 Å². The lowest BCUT2D eigenvalue weighted by Crippen LogP contribution is -2.35. The number of aromatic nitrogens is 1. The van der Waals surface area contributed by atoms with E-state index >= 15 is 0 Å². The molecule has 2 fully saturated rings. The first-order valence-electron chi connectivity index (χ1n) is 8.33. The van der Waals surface area contributed by atoms with Crippen molar-refractivity contribution < 1.29 is 9.21 Å². The van der Waals surface area contributed by atoms with E-state index < -0.39 is 0 Å². The number of benzene rings is 1. The van der Waals surface area contributed by atoms with E-state index in [9.17, 15) is 4.79 Å². The molecule has 5 heteroatoms. The molecular weight excluding hydrogens is 290 g/mol. The van der Waals surface area contributed by atoms with Gasteiger partial charge in [-0.2, -0.15) is 0 Å². The molecule has 120 valence electrons. The summed E-state index contributed by atoms with van der Waals surface area (Å²) in [5.74, 6) is 0.852. The average Bonchev–Trinajstić information content (AvgIpc) is 3.34. The van der Waals surface area contributed by atoms with Crippen LogP contribution in [-0.4, -0.2) is 52.9 Å². The van der Waals surface area contributed by atoms with Crippen molar-refractivity contribution in [2.75, 3.05) is 26.2 Å². The van der Waals surface area contributed by atoms with Crippen LogP contribution in [-0.2, 0) is 0 Å². The van der Waals surface area contributed by atoms with Crippen LogP contribution in [0.2, 0.25) is 0 Å². The molecule has 0 unspecified atom stereocenters. The predicted octanol–water partition coefficient (Wildman–Crippen LogP) is 2.65. The minimum Gasteiger partial charge on any atom is -0.444 e. The fourth-order valence-corrected chi connectivity index (χ4v) is 3.26. The van der Waals surface area contributed by atoms with Crippen LogP contribution < -0.4 is 0 Å². The molecule has 23 heavy (non-hydrogen) atoms. The van der Waals surface area contributed by atoms with Crippen LogP contribution in [0.3, 0.4) is 0 Å². The molecule has 2 aliphatic rings. The fraction of sp³-hybridized carbons (Fsp3) is 0.444. The summed E-state index contributed by atoms with van der Waals surface area (Å²) in [6.45, 7) is 3.82. The third kappa shape index (κ3) is 3.15. The van der Waals surface area contributed by atoms with Crippen molar-refractivity contribution in [3.05, 3.63) is 42.4 Å². The Balaban J connectivity index is 1.43. The summed E-state index contributed by atoms with van der Waals surface area (Å²) in [7, 11) is 0. The third-order valence-electron chi connectivity index (χ3n) is 4.73. The maximum Gasteiger partial charge on any atom is 0.253 e. The Morgan fingerprint density at radius 1 is 1.09 bits per heavy atom. The highest BCUT2D eigenvalue weighted by Crippen LogP contribution is 2.27. The molecule has 0 atom stereocenters. The van der Waals surface area contributed by atoms with Gasteiger partial charge >= 0.3 is 0 Å². The molecule has 2 heterocycles. The zero-order chi connectivity index (χ0) is 15.6. The Morgan fingerprint density at radius 2 is 1.91 bits per heavy atom. The second-order valence-corrected chi connectivity index (χ2v) is 6.36. The van der Waals surface area contributed by atoms with Gasteiger partial charge in [-0.3, -0.25) is 9.69 Å². The lowest BCUT2D eigenvalue weighted by molar-refractivity contribution is 0.0761. The molecule has 1 saturated carbocycles. The van der Waals surface area contributed by atoms with E-state index in [4.69, 9.17) is 4.42 Å². The normalized spacial score (nSPS) is 19.6. The summed E-state index contributed by atoms with van der Waals surface area (Å²) in [6, 6.07) is 8.38. The van der Waals surface area contributed by atoms with E-state index in [1.165, 1.54) is 19.2 Å². The zero-order valence-electron chi connectivity index (χ0n) is 13.1. The van der Waals surface area contributed by atoms with Gasteiger partial charge in [0.05, 0.1) is 6.20 Å². The Bertz CT molecular complexity index is 662. The quantitative estimate of drug-likeness (QED) is 0.874. The van der Waals surface area contributed by atoms with Crippen molar-refractivity contribution in [1.82, 2.24) is 14.8 Å². The van der Waals surface area contributed by atoms with Crippen LogP contribution >= 0.6 is 0 Å². The number of oxazole rings is 1. The Kier molecular flexibility index (Phi) is 3.87. The number of nitrogens with zero attached hydrogens (tertiary/aromatic N) is 3. The summed E-state index contributed by atoms with van der Waals surface area (Å²) in [4.78, 5) is 21.2. The zero-order valence-corrected chi connectivity index (χ0v) is 13.1. The largest absolute Gasteiger partial charge is 0.444 e. The smallest absolute Gasteiger partial charge is 0.253 e. The molecule has 1 aromatic heterocycles. The van der Waals surface area contributed by atoms with Gasteiger partial charge in [-0.1, -0.05) is 12.1 Å². The Labute approximate surface area is 135 Å². The molecule has 5 nitrogen and oxygen atoms in total. The van der Waals surface area contributed by atoms with Crippen LogP contribution in [0.5, 0.6) is 0 Å². The molecule has 1 saturated heterocycles. The van der Waals surface area contributed by atoms with E-state index in [0.717, 1.165) is 55.5 Å². The molecule has 1 amide bonds. The van der Waals surface area contributed by atoms with E-state index in [2.05, 4.69) is 9.88 Å². The fourth-order valence-electron chi connectivity index (χ4n) is 3.26. The van der Waals surface area contributed by atoms with Crippen LogP contribution in [0.1, 0.15) is 29.6 Å². The van der Waals surface area contributed by atoms with Gasteiger partial charge in [0.1, 0.15) is 0 Å². The summed E-state index contributed by atoms with van der Waals surface area (Å²) >= 11 is 0. The number of carbonyl (C=O) groups excluding carboxylic acids is 1. The molecule has 0 N–H and O–H groups in total. The summed E-state index contributed by atoms with van der Waals surface area (Å²) in [6.07, 6.45) is 6.82. The van der Waals surface area contributed by atoms with Gasteiger partial charge in [0.2, 0.25) is 0 Å². The summed E-state index contributed by atoms with van der Waals surface area (Å²) in [5, 5.41) is 0. The Hall–Kier alpha value is -2.14. The predicted molar refractivity (Wildman–Crippen MR) is 87.1 cm³/mol. The minimum atomic E-state index is 0.131. The van der Waals surface area contributed by atoms with Gasteiger partial charge in [-0.15, -0.1) is 0 Å². The number of hydrogen-bond donors (Lipinski definition) is 0. The Morgan fingerprint density at radius 3 is 2.61 bits per heavy atom. The van der Waals surface area contributed by atoms with E-state index in [1.54, 1.807) is 6.20 Å². The van der Waals surface area contributed by atoms with Crippen LogP contribution in [0, 0.1) is 0 Å². The first-order chi connectivity index (χ1) is 11.3. The molecular formula is C18H21N3O2. The van der Waals surface area contributed by atoms with Gasteiger partial charge < -0.3 is 9.32 Å². The first-order valence-corrected chi connectivity index (χ1v) is 8.33. The van der Waals surface area contributed by atoms with Crippen molar-refractivity contribution in [2.24, 2.45) is 0 Å². The summed E-state index contributed by atoms with van der Waals surface area (Å²) < 4.78 is 5.28. The van der Waals surface area contributed by atoms with E-state index in [0.29, 0.717) is 0 Å². The number of carbonyl (C=O) groups is 1. The van der Waals surface area contributed by atoms with Crippen LogP contribution in [0.4, 0.5) is 0 Å². The monoisotopic (exact) mass is 311 g/mol. The highest BCUT2D eigenvalue weighted by molar-refractivity contribution is 5.94. The van der Waals surface area contributed by atoms with Crippen molar-refractivity contribution in [3.8, 4) is 11.3 Å². The van der Waals surface area contributed by atoms with Crippen LogP contribution in [0.25, 0.3) is 11.3 Å². The molecule has 0 radical (unpaired) electrons. The van der Waals surface area contributed by atoms with Crippen LogP contribution in [0.15, 0.2) is 41.3 Å². The number of amides is 1. The molecule has 0 spiro atoms. The molecule has 1 aliphatic carbocycles. The number of rotatable bonds is 3. The molecule has 4 rings (SSSR count). The maximum absolute atomic E-state index is 12.7. The average molecular weight is 311 g/mol. The lowest BCUT2D eigenvalue weighted by atomic mass is 10.1. The molecule has 0 bridgehead atoms. The molecule has 1 aromatic carbocycles. The maximum atomic E-state index is 12.7. The topological polar surface area (TPSA) is 49.6 Å². The van der Waals surface area contributed by atoms with Gasteiger partial charge in [-0.05, 0) is 31.4 Å². The molecule has 1 aliphatic heterocycles. The highest BCUT2D eigenvalue weighted by atomic mass is 16.3. The van der Waals surface area contributed by atoms with Gasteiger partial charge in [0, 0.05) is 43.3 Å². The van der Waals surface area contributed by atoms with Gasteiger partial charge in [0.15, 0.2) is 12.2 Å². The second-order valence-electron chi connectivity index (χ2n) is 6.36. The van der Waals surface area contributed by atoms with E-state index in [-0.39, 0.29) is 5.91 Å².